The van der Waals surface area contributed by atoms with Crippen molar-refractivity contribution in [2.24, 2.45) is 0 Å². The minimum Gasteiger partial charge on any atom is -0.490 e. The molecule has 0 saturated carbocycles. The SMILES string of the molecule is CCCCCCC(=O)OC(COc1cccc(C)c1)COc1c2ccc(C)cc2c(OCC(COc2cccc(C)c2)OC(=O)CCCCCC)c2ccc(C)cc12. The van der Waals surface area contributed by atoms with Crippen LogP contribution in [-0.4, -0.2) is 50.6 Å². The molecule has 0 N–H and O–H groups in total. The van der Waals surface area contributed by atoms with E-state index in [1.54, 1.807) is 0 Å². The van der Waals surface area contributed by atoms with Crippen LogP contribution in [0.2, 0.25) is 0 Å². The molecular formula is C50H62O8. The molecular weight excluding hydrogens is 729 g/mol. The number of esters is 2. The van der Waals surface area contributed by atoms with E-state index in [0.29, 0.717) is 35.8 Å². The zero-order chi connectivity index (χ0) is 41.3. The highest BCUT2D eigenvalue weighted by atomic mass is 16.6. The molecule has 0 saturated heterocycles. The lowest BCUT2D eigenvalue weighted by molar-refractivity contribution is -0.153. The first-order valence-corrected chi connectivity index (χ1v) is 21.1. The Hall–Kier alpha value is -5.24. The number of ether oxygens (including phenoxy) is 6. The lowest BCUT2D eigenvalue weighted by atomic mass is 9.97. The lowest BCUT2D eigenvalue weighted by Gasteiger charge is -2.23. The Morgan fingerprint density at radius 2 is 0.845 bits per heavy atom. The first-order valence-electron chi connectivity index (χ1n) is 21.1. The van der Waals surface area contributed by atoms with Crippen LogP contribution in [0.25, 0.3) is 21.5 Å². The van der Waals surface area contributed by atoms with Crippen molar-refractivity contribution in [3.8, 4) is 23.0 Å². The maximum Gasteiger partial charge on any atom is 0.306 e. The van der Waals surface area contributed by atoms with Gasteiger partial charge >= 0.3 is 11.9 Å². The van der Waals surface area contributed by atoms with Crippen molar-refractivity contribution in [1.29, 1.82) is 0 Å². The van der Waals surface area contributed by atoms with Gasteiger partial charge in [-0.2, -0.15) is 0 Å². The first kappa shape index (κ1) is 43.9. The summed E-state index contributed by atoms with van der Waals surface area (Å²) >= 11 is 0. The van der Waals surface area contributed by atoms with Gasteiger partial charge in [0.2, 0.25) is 0 Å². The number of carbonyl (C=O) groups excluding carboxylic acids is 2. The largest absolute Gasteiger partial charge is 0.490 e. The van der Waals surface area contributed by atoms with Crippen LogP contribution in [0.15, 0.2) is 84.9 Å². The number of carbonyl (C=O) groups is 2. The van der Waals surface area contributed by atoms with E-state index >= 15 is 0 Å². The molecule has 58 heavy (non-hydrogen) atoms. The van der Waals surface area contributed by atoms with Crippen molar-refractivity contribution in [3.05, 3.63) is 107 Å². The van der Waals surface area contributed by atoms with E-state index in [0.717, 1.165) is 95.2 Å². The molecule has 8 nitrogen and oxygen atoms in total. The van der Waals surface area contributed by atoms with Gasteiger partial charge in [0.25, 0.3) is 0 Å². The van der Waals surface area contributed by atoms with Crippen LogP contribution in [0, 0.1) is 27.7 Å². The fraction of sp³-hybridized carbons (Fsp3) is 0.440. The van der Waals surface area contributed by atoms with Crippen molar-refractivity contribution >= 4 is 33.5 Å². The fourth-order valence-corrected chi connectivity index (χ4v) is 6.94. The molecule has 5 aromatic rings. The monoisotopic (exact) mass is 790 g/mol. The average Bonchev–Trinajstić information content (AvgIpc) is 3.20. The highest BCUT2D eigenvalue weighted by molar-refractivity contribution is 6.11. The summed E-state index contributed by atoms with van der Waals surface area (Å²) < 4.78 is 37.8. The van der Waals surface area contributed by atoms with Crippen LogP contribution in [0.1, 0.15) is 100 Å². The minimum absolute atomic E-state index is 0.0886. The smallest absolute Gasteiger partial charge is 0.306 e. The van der Waals surface area contributed by atoms with Crippen molar-refractivity contribution in [2.45, 2.75) is 118 Å². The van der Waals surface area contributed by atoms with E-state index in [-0.39, 0.29) is 38.4 Å². The second-order valence-electron chi connectivity index (χ2n) is 15.5. The van der Waals surface area contributed by atoms with Gasteiger partial charge in [-0.25, -0.2) is 0 Å². The van der Waals surface area contributed by atoms with Crippen LogP contribution in [0.5, 0.6) is 23.0 Å². The second kappa shape index (κ2) is 22.6. The molecule has 8 heteroatoms. The van der Waals surface area contributed by atoms with Crippen LogP contribution < -0.4 is 18.9 Å². The normalized spacial score (nSPS) is 12.2. The number of hydrogen-bond acceptors (Lipinski definition) is 8. The van der Waals surface area contributed by atoms with Gasteiger partial charge in [0.15, 0.2) is 12.2 Å². The van der Waals surface area contributed by atoms with E-state index in [4.69, 9.17) is 28.4 Å². The topological polar surface area (TPSA) is 89.5 Å². The molecule has 0 aliphatic heterocycles. The average molecular weight is 791 g/mol. The van der Waals surface area contributed by atoms with Gasteiger partial charge in [-0.15, -0.1) is 0 Å². The summed E-state index contributed by atoms with van der Waals surface area (Å²) in [4.78, 5) is 26.1. The number of fused-ring (bicyclic) bond motifs is 2. The summed E-state index contributed by atoms with van der Waals surface area (Å²) in [6.07, 6.45) is 7.29. The third kappa shape index (κ3) is 13.4. The Labute approximate surface area is 345 Å². The van der Waals surface area contributed by atoms with Crippen LogP contribution in [0.4, 0.5) is 0 Å². The van der Waals surface area contributed by atoms with Crippen LogP contribution in [-0.2, 0) is 19.1 Å². The molecule has 2 unspecified atom stereocenters. The molecule has 0 amide bonds. The maximum atomic E-state index is 13.1. The molecule has 0 radical (unpaired) electrons. The van der Waals surface area contributed by atoms with Gasteiger partial charge in [0.1, 0.15) is 49.4 Å². The Balaban J connectivity index is 1.43. The standard InChI is InChI=1S/C50H62O8/c1-7-9-11-13-21-47(51)57-41(31-53-39-19-15-17-35(3)27-39)33-55-49-43-25-23-38(6)30-46(43)50(44-26-24-37(5)29-45(44)49)56-34-42(58-48(52)22-14-12-10-8-2)32-54-40-20-16-18-36(4)28-40/h15-20,23-30,41-42H,7-14,21-22,31-34H2,1-6H3. The summed E-state index contributed by atoms with van der Waals surface area (Å²) in [5.74, 6) is 2.22. The van der Waals surface area contributed by atoms with Gasteiger partial charge in [-0.05, 0) is 88.1 Å². The van der Waals surface area contributed by atoms with Gasteiger partial charge in [-0.3, -0.25) is 9.59 Å². The van der Waals surface area contributed by atoms with Crippen LogP contribution >= 0.6 is 0 Å². The molecule has 2 atom stereocenters. The van der Waals surface area contributed by atoms with E-state index < -0.39 is 12.2 Å². The highest BCUT2D eigenvalue weighted by Crippen LogP contribution is 2.44. The predicted molar refractivity (Wildman–Crippen MR) is 233 cm³/mol. The van der Waals surface area contributed by atoms with Crippen molar-refractivity contribution in [1.82, 2.24) is 0 Å². The van der Waals surface area contributed by atoms with Gasteiger partial charge in [0.05, 0.1) is 0 Å². The van der Waals surface area contributed by atoms with Crippen molar-refractivity contribution < 1.29 is 38.0 Å². The minimum atomic E-state index is -0.652. The maximum absolute atomic E-state index is 13.1. The Morgan fingerprint density at radius 3 is 1.24 bits per heavy atom. The molecule has 0 spiro atoms. The molecule has 5 rings (SSSR count). The van der Waals surface area contributed by atoms with Gasteiger partial charge in [0, 0.05) is 34.4 Å². The Morgan fingerprint density at radius 1 is 0.448 bits per heavy atom. The van der Waals surface area contributed by atoms with Crippen molar-refractivity contribution in [2.75, 3.05) is 26.4 Å². The number of benzene rings is 5. The molecule has 0 fully saturated rings. The van der Waals surface area contributed by atoms with Gasteiger partial charge < -0.3 is 28.4 Å². The van der Waals surface area contributed by atoms with E-state index in [9.17, 15) is 9.59 Å². The molecule has 0 aliphatic rings. The third-order valence-corrected chi connectivity index (χ3v) is 10.1. The number of unbranched alkanes of at least 4 members (excludes halogenated alkanes) is 6. The van der Waals surface area contributed by atoms with Gasteiger partial charge in [-0.1, -0.05) is 112 Å². The molecule has 5 aromatic carbocycles. The highest BCUT2D eigenvalue weighted by Gasteiger charge is 2.23. The second-order valence-corrected chi connectivity index (χ2v) is 15.5. The summed E-state index contributed by atoms with van der Waals surface area (Å²) in [5.41, 5.74) is 4.26. The summed E-state index contributed by atoms with van der Waals surface area (Å²) in [6, 6.07) is 28.0. The summed E-state index contributed by atoms with van der Waals surface area (Å²) in [6.45, 7) is 12.9. The zero-order valence-corrected chi connectivity index (χ0v) is 35.4. The van der Waals surface area contributed by atoms with E-state index in [1.165, 1.54) is 0 Å². The first-order chi connectivity index (χ1) is 28.1. The van der Waals surface area contributed by atoms with E-state index in [1.807, 2.05) is 100 Å². The van der Waals surface area contributed by atoms with E-state index in [2.05, 4.69) is 26.0 Å². The predicted octanol–water partition coefficient (Wildman–Crippen LogP) is 11.9. The van der Waals surface area contributed by atoms with Crippen molar-refractivity contribution in [3.63, 3.8) is 0 Å². The summed E-state index contributed by atoms with van der Waals surface area (Å²) in [7, 11) is 0. The number of aryl methyl sites for hydroxylation is 4. The molecule has 0 aliphatic carbocycles. The molecule has 0 heterocycles. The third-order valence-electron chi connectivity index (χ3n) is 10.1. The summed E-state index contributed by atoms with van der Waals surface area (Å²) in [5, 5.41) is 3.42. The number of rotatable bonds is 24. The molecule has 0 bridgehead atoms. The quantitative estimate of drug-likeness (QED) is 0.0347. The lowest BCUT2D eigenvalue weighted by Crippen LogP contribution is -2.31. The fourth-order valence-electron chi connectivity index (χ4n) is 6.94. The number of hydrogen-bond donors (Lipinski definition) is 0. The molecule has 0 aromatic heterocycles. The Kier molecular flexibility index (Phi) is 17.1. The Bertz CT molecular complexity index is 1940. The molecule has 310 valence electrons. The zero-order valence-electron chi connectivity index (χ0n) is 35.4. The van der Waals surface area contributed by atoms with Crippen LogP contribution in [0.3, 0.4) is 0 Å².